The van der Waals surface area contributed by atoms with Crippen LogP contribution in [0.2, 0.25) is 0 Å². The minimum atomic E-state index is -3.39. The van der Waals surface area contributed by atoms with Gasteiger partial charge in [-0.15, -0.1) is 0 Å². The van der Waals surface area contributed by atoms with Gasteiger partial charge in [-0.3, -0.25) is 8.37 Å². The molecule has 2 unspecified atom stereocenters. The Bertz CT molecular complexity index is 560. The first-order valence-corrected chi connectivity index (χ1v) is 10.4. The molecule has 3 aliphatic rings. The lowest BCUT2D eigenvalue weighted by molar-refractivity contribution is 0.137. The van der Waals surface area contributed by atoms with Crippen molar-refractivity contribution in [2.24, 2.45) is 0 Å². The van der Waals surface area contributed by atoms with Crippen molar-refractivity contribution in [3.05, 3.63) is 0 Å². The quantitative estimate of drug-likeness (QED) is 0.735. The molecule has 0 radical (unpaired) electrons. The van der Waals surface area contributed by atoms with Crippen LogP contribution in [0.3, 0.4) is 0 Å². The molecule has 3 saturated heterocycles. The molecule has 3 aliphatic heterocycles. The first-order valence-electron chi connectivity index (χ1n) is 7.67. The third kappa shape index (κ3) is 4.87. The average molecular weight is 356 g/mol. The smallest absolute Gasteiger partial charge is 0.258 e. The molecule has 8 nitrogen and oxygen atoms in total. The molecule has 0 saturated carbocycles. The summed E-state index contributed by atoms with van der Waals surface area (Å²) in [5, 5.41) is 0. The van der Waals surface area contributed by atoms with E-state index in [-0.39, 0.29) is 12.1 Å². The molecule has 0 aromatic carbocycles. The van der Waals surface area contributed by atoms with E-state index in [9.17, 15) is 16.8 Å². The Morgan fingerprint density at radius 3 is 2.36 bits per heavy atom. The van der Waals surface area contributed by atoms with E-state index in [1.165, 1.54) is 4.31 Å². The molecule has 0 aliphatic carbocycles. The van der Waals surface area contributed by atoms with Crippen LogP contribution in [0.4, 0.5) is 0 Å². The van der Waals surface area contributed by atoms with Crippen molar-refractivity contribution in [2.45, 2.75) is 57.5 Å². The van der Waals surface area contributed by atoms with Crippen molar-refractivity contribution < 1.29 is 25.2 Å². The van der Waals surface area contributed by atoms with Crippen molar-refractivity contribution >= 4 is 20.6 Å². The molecule has 3 fully saturated rings. The molecule has 0 spiro atoms. The van der Waals surface area contributed by atoms with E-state index in [1.807, 2.05) is 6.92 Å². The van der Waals surface area contributed by atoms with Crippen molar-refractivity contribution in [2.75, 3.05) is 19.8 Å². The molecule has 2 atom stereocenters. The van der Waals surface area contributed by atoms with Crippen LogP contribution in [0.1, 0.15) is 45.4 Å². The Morgan fingerprint density at radius 2 is 1.77 bits per heavy atom. The molecule has 22 heavy (non-hydrogen) atoms. The van der Waals surface area contributed by atoms with Gasteiger partial charge in [-0.2, -0.15) is 25.9 Å². The zero-order chi connectivity index (χ0) is 16.2. The number of piperidine rings is 1. The Labute approximate surface area is 132 Å². The minimum Gasteiger partial charge on any atom is -0.258 e. The van der Waals surface area contributed by atoms with E-state index in [1.54, 1.807) is 0 Å². The van der Waals surface area contributed by atoms with Crippen molar-refractivity contribution in [3.8, 4) is 0 Å². The molecule has 3 rings (SSSR count). The van der Waals surface area contributed by atoms with Gasteiger partial charge < -0.3 is 0 Å². The van der Waals surface area contributed by atoms with Crippen LogP contribution in [0.25, 0.3) is 0 Å². The molecule has 0 aromatic heterocycles. The van der Waals surface area contributed by atoms with Gasteiger partial charge in [-0.25, -0.2) is 0 Å². The van der Waals surface area contributed by atoms with Gasteiger partial charge in [0.2, 0.25) is 0 Å². The maximum absolute atomic E-state index is 11.3. The standard InChI is InChI=1S/C7H13NO3S.C5H11NO3S/c9-12(10)8-5-2-1-3-7(8)4-6-11-12;1-2-5-3-4-9-10(7,8)6-5/h7H,1-6H2;5-6H,2-4H2,1H3. The minimum absolute atomic E-state index is 0.0683. The summed E-state index contributed by atoms with van der Waals surface area (Å²) in [4.78, 5) is 0. The summed E-state index contributed by atoms with van der Waals surface area (Å²) < 4.78 is 57.1. The van der Waals surface area contributed by atoms with Crippen molar-refractivity contribution in [3.63, 3.8) is 0 Å². The normalized spacial score (nSPS) is 34.0. The van der Waals surface area contributed by atoms with E-state index in [4.69, 9.17) is 4.18 Å². The molecule has 130 valence electrons. The predicted molar refractivity (Wildman–Crippen MR) is 80.5 cm³/mol. The highest BCUT2D eigenvalue weighted by Gasteiger charge is 2.36. The van der Waals surface area contributed by atoms with Gasteiger partial charge in [-0.1, -0.05) is 13.3 Å². The summed E-state index contributed by atoms with van der Waals surface area (Å²) in [6.07, 6.45) is 5.58. The Balaban J connectivity index is 0.000000164. The molecule has 3 heterocycles. The molecular formula is C12H24N2O6S2. The fraction of sp³-hybridized carbons (Fsp3) is 1.00. The highest BCUT2D eigenvalue weighted by molar-refractivity contribution is 7.84. The number of hydrogen-bond donors (Lipinski definition) is 1. The highest BCUT2D eigenvalue weighted by atomic mass is 32.2. The van der Waals surface area contributed by atoms with E-state index < -0.39 is 20.6 Å². The van der Waals surface area contributed by atoms with Crippen LogP contribution >= 0.6 is 0 Å². The number of fused-ring (bicyclic) bond motifs is 1. The Morgan fingerprint density at radius 1 is 1.05 bits per heavy atom. The van der Waals surface area contributed by atoms with E-state index in [2.05, 4.69) is 8.91 Å². The summed E-state index contributed by atoms with van der Waals surface area (Å²) in [6.45, 7) is 3.27. The van der Waals surface area contributed by atoms with Crippen LogP contribution in [0.15, 0.2) is 0 Å². The van der Waals surface area contributed by atoms with Gasteiger partial charge in [0, 0.05) is 18.6 Å². The van der Waals surface area contributed by atoms with Gasteiger partial charge in [0.25, 0.3) is 0 Å². The first-order chi connectivity index (χ1) is 10.3. The second kappa shape index (κ2) is 7.54. The van der Waals surface area contributed by atoms with Crippen LogP contribution in [0, 0.1) is 0 Å². The number of rotatable bonds is 1. The van der Waals surface area contributed by atoms with Crippen LogP contribution in [-0.2, 0) is 29.0 Å². The molecule has 0 bridgehead atoms. The number of nitrogens with one attached hydrogen (secondary N) is 1. The largest absolute Gasteiger partial charge is 0.338 e. The van der Waals surface area contributed by atoms with Crippen LogP contribution in [0.5, 0.6) is 0 Å². The molecule has 10 heteroatoms. The van der Waals surface area contributed by atoms with Gasteiger partial charge in [-0.05, 0) is 32.1 Å². The van der Waals surface area contributed by atoms with Gasteiger partial charge >= 0.3 is 20.6 Å². The summed E-state index contributed by atoms with van der Waals surface area (Å²) in [6, 6.07) is 0.288. The second-order valence-electron chi connectivity index (χ2n) is 5.62. The van der Waals surface area contributed by atoms with E-state index >= 15 is 0 Å². The summed E-state index contributed by atoms with van der Waals surface area (Å²) in [5.41, 5.74) is 0. The fourth-order valence-electron chi connectivity index (χ4n) is 2.80. The van der Waals surface area contributed by atoms with Gasteiger partial charge in [0.1, 0.15) is 0 Å². The first kappa shape index (κ1) is 18.1. The third-order valence-corrected chi connectivity index (χ3v) is 6.67. The monoisotopic (exact) mass is 356 g/mol. The molecular weight excluding hydrogens is 332 g/mol. The van der Waals surface area contributed by atoms with E-state index in [0.717, 1.165) is 38.5 Å². The molecule has 0 aromatic rings. The molecule has 1 N–H and O–H groups in total. The Kier molecular flexibility index (Phi) is 6.20. The van der Waals surface area contributed by atoms with Gasteiger partial charge in [0.05, 0.1) is 13.2 Å². The maximum atomic E-state index is 11.3. The predicted octanol–water partition coefficient (Wildman–Crippen LogP) is 0.526. The summed E-state index contributed by atoms with van der Waals surface area (Å²) in [7, 11) is -6.74. The fourth-order valence-corrected chi connectivity index (χ4v) is 5.25. The number of nitrogens with zero attached hydrogens (tertiary/aromatic N) is 1. The number of hydrogen-bond acceptors (Lipinski definition) is 6. The SMILES string of the molecule is CCC1CCOS(=O)(=O)N1.O=S1(=O)OCCC2CCCCN21. The maximum Gasteiger partial charge on any atom is 0.338 e. The lowest BCUT2D eigenvalue weighted by Crippen LogP contribution is -2.48. The topological polar surface area (TPSA) is 102 Å². The highest BCUT2D eigenvalue weighted by Crippen LogP contribution is 2.27. The Hall–Kier alpha value is -0.260. The van der Waals surface area contributed by atoms with Crippen LogP contribution in [-0.4, -0.2) is 53.0 Å². The third-order valence-electron chi connectivity index (χ3n) is 4.05. The van der Waals surface area contributed by atoms with E-state index in [0.29, 0.717) is 19.8 Å². The molecule has 0 amide bonds. The van der Waals surface area contributed by atoms with Crippen molar-refractivity contribution in [1.29, 1.82) is 0 Å². The lowest BCUT2D eigenvalue weighted by Gasteiger charge is -2.37. The summed E-state index contributed by atoms with van der Waals surface area (Å²) in [5.74, 6) is 0. The average Bonchev–Trinajstić information content (AvgIpc) is 2.47. The second-order valence-corrected chi connectivity index (χ2v) is 8.56. The van der Waals surface area contributed by atoms with Crippen molar-refractivity contribution in [1.82, 2.24) is 9.03 Å². The van der Waals surface area contributed by atoms with Crippen LogP contribution < -0.4 is 4.72 Å². The lowest BCUT2D eigenvalue weighted by atomic mass is 10.0. The van der Waals surface area contributed by atoms with Gasteiger partial charge in [0.15, 0.2) is 0 Å². The zero-order valence-corrected chi connectivity index (χ0v) is 14.4. The zero-order valence-electron chi connectivity index (χ0n) is 12.7. The summed E-state index contributed by atoms with van der Waals surface area (Å²) >= 11 is 0.